The molecule has 0 heterocycles. The highest BCUT2D eigenvalue weighted by Crippen LogP contribution is 2.20. The fourth-order valence-corrected chi connectivity index (χ4v) is 1.37. The SMILES string of the molecule is C=C(C)CCNc1cc(Cl)ccc1C. The summed E-state index contributed by atoms with van der Waals surface area (Å²) in [5.41, 5.74) is 3.52. The molecule has 2 heteroatoms. The van der Waals surface area contributed by atoms with Crippen LogP contribution < -0.4 is 5.32 Å². The lowest BCUT2D eigenvalue weighted by Gasteiger charge is -2.09. The first-order chi connectivity index (χ1) is 6.59. The fraction of sp³-hybridized carbons (Fsp3) is 0.333. The van der Waals surface area contributed by atoms with Crippen LogP contribution in [0.15, 0.2) is 30.4 Å². The minimum absolute atomic E-state index is 0.772. The summed E-state index contributed by atoms with van der Waals surface area (Å²) in [6.45, 7) is 8.88. The highest BCUT2D eigenvalue weighted by molar-refractivity contribution is 6.30. The second-order valence-corrected chi connectivity index (χ2v) is 4.03. The van der Waals surface area contributed by atoms with Gasteiger partial charge < -0.3 is 5.32 Å². The molecule has 0 aliphatic carbocycles. The van der Waals surface area contributed by atoms with Crippen molar-refractivity contribution in [1.82, 2.24) is 0 Å². The highest BCUT2D eigenvalue weighted by Gasteiger charge is 1.98. The highest BCUT2D eigenvalue weighted by atomic mass is 35.5. The van der Waals surface area contributed by atoms with Gasteiger partial charge in [0.15, 0.2) is 0 Å². The van der Waals surface area contributed by atoms with E-state index in [4.69, 9.17) is 11.6 Å². The minimum Gasteiger partial charge on any atom is -0.384 e. The van der Waals surface area contributed by atoms with Crippen LogP contribution in [0.25, 0.3) is 0 Å². The van der Waals surface area contributed by atoms with Gasteiger partial charge in [-0.2, -0.15) is 0 Å². The summed E-state index contributed by atoms with van der Waals surface area (Å²) >= 11 is 5.90. The number of aryl methyl sites for hydroxylation is 1. The number of hydrogen-bond donors (Lipinski definition) is 1. The number of halogens is 1. The zero-order valence-corrected chi connectivity index (χ0v) is 9.49. The van der Waals surface area contributed by atoms with Crippen molar-refractivity contribution in [2.24, 2.45) is 0 Å². The van der Waals surface area contributed by atoms with Crippen LogP contribution in [0.5, 0.6) is 0 Å². The monoisotopic (exact) mass is 209 g/mol. The summed E-state index contributed by atoms with van der Waals surface area (Å²) in [5, 5.41) is 4.11. The van der Waals surface area contributed by atoms with E-state index >= 15 is 0 Å². The molecule has 0 bridgehead atoms. The molecule has 1 aromatic rings. The number of anilines is 1. The Morgan fingerprint density at radius 3 is 2.86 bits per heavy atom. The van der Waals surface area contributed by atoms with Crippen molar-refractivity contribution in [3.05, 3.63) is 40.9 Å². The molecule has 0 radical (unpaired) electrons. The van der Waals surface area contributed by atoms with E-state index in [-0.39, 0.29) is 0 Å². The molecule has 1 aromatic carbocycles. The topological polar surface area (TPSA) is 12.0 Å². The summed E-state index contributed by atoms with van der Waals surface area (Å²) in [4.78, 5) is 0. The van der Waals surface area contributed by atoms with Gasteiger partial charge in [-0.15, -0.1) is 6.58 Å². The predicted octanol–water partition coefficient (Wildman–Crippen LogP) is 4.03. The van der Waals surface area contributed by atoms with Crippen LogP contribution in [0.4, 0.5) is 5.69 Å². The molecule has 0 aromatic heterocycles. The van der Waals surface area contributed by atoms with Crippen molar-refractivity contribution in [2.75, 3.05) is 11.9 Å². The van der Waals surface area contributed by atoms with E-state index < -0.39 is 0 Å². The molecule has 0 amide bonds. The first kappa shape index (κ1) is 11.1. The number of benzene rings is 1. The molecule has 1 rings (SSSR count). The molecule has 0 unspecified atom stereocenters. The second-order valence-electron chi connectivity index (χ2n) is 3.59. The first-order valence-electron chi connectivity index (χ1n) is 4.74. The van der Waals surface area contributed by atoms with Crippen molar-refractivity contribution in [2.45, 2.75) is 20.3 Å². The molecule has 1 nitrogen and oxygen atoms in total. The Morgan fingerprint density at radius 2 is 2.21 bits per heavy atom. The van der Waals surface area contributed by atoms with Crippen LogP contribution >= 0.6 is 11.6 Å². The number of hydrogen-bond acceptors (Lipinski definition) is 1. The Hall–Kier alpha value is -0.950. The van der Waals surface area contributed by atoms with Gasteiger partial charge in [0.2, 0.25) is 0 Å². The van der Waals surface area contributed by atoms with E-state index in [1.165, 1.54) is 11.1 Å². The molecule has 0 fully saturated rings. The third kappa shape index (κ3) is 3.43. The van der Waals surface area contributed by atoms with Gasteiger partial charge in [0, 0.05) is 17.3 Å². The maximum atomic E-state index is 5.90. The van der Waals surface area contributed by atoms with Crippen molar-refractivity contribution in [3.8, 4) is 0 Å². The average Bonchev–Trinajstić information content (AvgIpc) is 2.10. The van der Waals surface area contributed by atoms with Crippen molar-refractivity contribution >= 4 is 17.3 Å². The molecular weight excluding hydrogens is 194 g/mol. The van der Waals surface area contributed by atoms with Crippen LogP contribution in [0.3, 0.4) is 0 Å². The van der Waals surface area contributed by atoms with Gasteiger partial charge in [-0.1, -0.05) is 23.2 Å². The molecule has 0 saturated carbocycles. The Kier molecular flexibility index (Phi) is 4.02. The zero-order chi connectivity index (χ0) is 10.6. The fourth-order valence-electron chi connectivity index (χ4n) is 1.20. The lowest BCUT2D eigenvalue weighted by atomic mass is 10.2. The molecule has 76 valence electrons. The minimum atomic E-state index is 0.772. The second kappa shape index (κ2) is 5.06. The Bertz CT molecular complexity index is 331. The van der Waals surface area contributed by atoms with Gasteiger partial charge in [0.1, 0.15) is 0 Å². The third-order valence-corrected chi connectivity index (χ3v) is 2.30. The van der Waals surface area contributed by atoms with E-state index in [9.17, 15) is 0 Å². The van der Waals surface area contributed by atoms with E-state index in [2.05, 4.69) is 18.8 Å². The van der Waals surface area contributed by atoms with Crippen LogP contribution in [0.2, 0.25) is 5.02 Å². The average molecular weight is 210 g/mol. The Morgan fingerprint density at radius 1 is 1.50 bits per heavy atom. The molecule has 0 aliphatic rings. The number of nitrogens with one attached hydrogen (secondary N) is 1. The zero-order valence-electron chi connectivity index (χ0n) is 8.73. The molecule has 14 heavy (non-hydrogen) atoms. The van der Waals surface area contributed by atoms with E-state index in [1.807, 2.05) is 25.1 Å². The maximum Gasteiger partial charge on any atom is 0.0426 e. The largest absolute Gasteiger partial charge is 0.384 e. The van der Waals surface area contributed by atoms with Crippen LogP contribution in [-0.4, -0.2) is 6.54 Å². The van der Waals surface area contributed by atoms with Crippen LogP contribution in [0, 0.1) is 6.92 Å². The van der Waals surface area contributed by atoms with Crippen molar-refractivity contribution in [1.29, 1.82) is 0 Å². The molecule has 0 aliphatic heterocycles. The summed E-state index contributed by atoms with van der Waals surface area (Å²) in [7, 11) is 0. The quantitative estimate of drug-likeness (QED) is 0.739. The van der Waals surface area contributed by atoms with Crippen molar-refractivity contribution in [3.63, 3.8) is 0 Å². The molecule has 0 spiro atoms. The molecule has 1 N–H and O–H groups in total. The predicted molar refractivity (Wildman–Crippen MR) is 64.1 cm³/mol. The number of rotatable bonds is 4. The normalized spacial score (nSPS) is 9.93. The third-order valence-electron chi connectivity index (χ3n) is 2.07. The molecular formula is C12H16ClN. The maximum absolute atomic E-state index is 5.90. The lowest BCUT2D eigenvalue weighted by molar-refractivity contribution is 1.000. The van der Waals surface area contributed by atoms with Gasteiger partial charge in [-0.05, 0) is 38.0 Å². The van der Waals surface area contributed by atoms with Crippen LogP contribution in [0.1, 0.15) is 18.9 Å². The van der Waals surface area contributed by atoms with Gasteiger partial charge >= 0.3 is 0 Å². The van der Waals surface area contributed by atoms with Gasteiger partial charge in [-0.3, -0.25) is 0 Å². The smallest absolute Gasteiger partial charge is 0.0426 e. The first-order valence-corrected chi connectivity index (χ1v) is 5.12. The summed E-state index contributed by atoms with van der Waals surface area (Å²) in [6.07, 6.45) is 0.992. The van der Waals surface area contributed by atoms with Gasteiger partial charge in [0.05, 0.1) is 0 Å². The molecule has 0 saturated heterocycles. The van der Waals surface area contributed by atoms with Gasteiger partial charge in [0.25, 0.3) is 0 Å². The summed E-state index contributed by atoms with van der Waals surface area (Å²) in [6, 6.07) is 5.88. The summed E-state index contributed by atoms with van der Waals surface area (Å²) in [5.74, 6) is 0. The Labute approximate surface area is 90.8 Å². The molecule has 0 atom stereocenters. The van der Waals surface area contributed by atoms with E-state index in [0.717, 1.165) is 23.7 Å². The standard InChI is InChI=1S/C12H16ClN/c1-9(2)6-7-14-12-8-11(13)5-4-10(12)3/h4-5,8,14H,1,6-7H2,2-3H3. The lowest BCUT2D eigenvalue weighted by Crippen LogP contribution is -2.02. The van der Waals surface area contributed by atoms with E-state index in [1.54, 1.807) is 0 Å². The van der Waals surface area contributed by atoms with Gasteiger partial charge in [-0.25, -0.2) is 0 Å². The van der Waals surface area contributed by atoms with Crippen molar-refractivity contribution < 1.29 is 0 Å². The van der Waals surface area contributed by atoms with Crippen LogP contribution in [-0.2, 0) is 0 Å². The van der Waals surface area contributed by atoms with E-state index in [0.29, 0.717) is 0 Å². The Balaban J connectivity index is 2.57. The summed E-state index contributed by atoms with van der Waals surface area (Å²) < 4.78 is 0.